The van der Waals surface area contributed by atoms with Crippen molar-refractivity contribution in [1.82, 2.24) is 4.57 Å². The minimum atomic E-state index is -0.687. The Hall–Kier alpha value is -5.03. The van der Waals surface area contributed by atoms with Crippen LogP contribution in [0, 0.1) is 10.1 Å². The fraction of sp³-hybridized carbons (Fsp3) is 0.286. The van der Waals surface area contributed by atoms with Crippen LogP contribution >= 0.6 is 11.3 Å². The number of nitrogens with zero attached hydrogens (tertiary/aromatic N) is 3. The van der Waals surface area contributed by atoms with E-state index in [0.29, 0.717) is 44.6 Å². The first-order valence-corrected chi connectivity index (χ1v) is 15.8. The van der Waals surface area contributed by atoms with Gasteiger partial charge in [-0.25, -0.2) is 9.79 Å². The van der Waals surface area contributed by atoms with Gasteiger partial charge in [-0.05, 0) is 79.3 Å². The number of hydrogen-bond donors (Lipinski definition) is 0. The summed E-state index contributed by atoms with van der Waals surface area (Å²) in [5.41, 5.74) is 4.02. The Kier molecular flexibility index (Phi) is 9.81. The molecule has 0 radical (unpaired) electrons. The number of allylic oxidation sites excluding steroid dienone is 1. The zero-order valence-corrected chi connectivity index (χ0v) is 27.1. The third kappa shape index (κ3) is 6.79. The van der Waals surface area contributed by atoms with E-state index in [1.54, 1.807) is 48.8 Å². The molecule has 10 nitrogen and oxygen atoms in total. The number of benzene rings is 3. The SMILES string of the molecule is CCOC(=O)C1=C(C)N=c2s/c(=C\c3ccc(OCc4ccc([N+](=O)[O-])cc4)c(OCC)c3)c(=O)n2[C@@H]1c1ccc(C(C)C)cc1. The van der Waals surface area contributed by atoms with Crippen LogP contribution in [-0.2, 0) is 16.1 Å². The molecule has 0 unspecified atom stereocenters. The minimum absolute atomic E-state index is 0.0102. The number of ether oxygens (including phenoxy) is 3. The third-order valence-electron chi connectivity index (χ3n) is 7.54. The van der Waals surface area contributed by atoms with Crippen LogP contribution < -0.4 is 24.4 Å². The quantitative estimate of drug-likeness (QED) is 0.115. The lowest BCUT2D eigenvalue weighted by atomic mass is 9.93. The normalized spacial score (nSPS) is 14.6. The van der Waals surface area contributed by atoms with Gasteiger partial charge < -0.3 is 14.2 Å². The number of nitro benzene ring substituents is 1. The largest absolute Gasteiger partial charge is 0.490 e. The van der Waals surface area contributed by atoms with Crippen LogP contribution in [0.1, 0.15) is 68.8 Å². The molecule has 1 aliphatic heterocycles. The number of esters is 1. The summed E-state index contributed by atoms with van der Waals surface area (Å²) in [4.78, 5) is 42.9. The summed E-state index contributed by atoms with van der Waals surface area (Å²) in [6, 6.07) is 18.8. The van der Waals surface area contributed by atoms with E-state index in [-0.39, 0.29) is 24.5 Å². The van der Waals surface area contributed by atoms with Crippen molar-refractivity contribution in [2.45, 2.75) is 53.2 Å². The maximum atomic E-state index is 14.0. The van der Waals surface area contributed by atoms with Crippen LogP contribution in [0.15, 0.2) is 87.8 Å². The van der Waals surface area contributed by atoms with Crippen LogP contribution in [0.2, 0.25) is 0 Å². The molecule has 0 spiro atoms. The molecular weight excluding hydrogens is 606 g/mol. The molecule has 5 rings (SSSR count). The first-order chi connectivity index (χ1) is 22.1. The molecule has 46 heavy (non-hydrogen) atoms. The topological polar surface area (TPSA) is 122 Å². The molecule has 0 fully saturated rings. The number of hydrogen-bond acceptors (Lipinski definition) is 9. The van der Waals surface area contributed by atoms with Gasteiger partial charge in [0.2, 0.25) is 0 Å². The molecule has 238 valence electrons. The van der Waals surface area contributed by atoms with Crippen molar-refractivity contribution in [2.24, 2.45) is 4.99 Å². The molecule has 0 aliphatic carbocycles. The van der Waals surface area contributed by atoms with Gasteiger partial charge in [0.15, 0.2) is 16.3 Å². The fourth-order valence-corrected chi connectivity index (χ4v) is 6.25. The Morgan fingerprint density at radius 2 is 1.74 bits per heavy atom. The Labute approximate surface area is 270 Å². The number of carbonyl (C=O) groups is 1. The summed E-state index contributed by atoms with van der Waals surface area (Å²) in [7, 11) is 0. The average Bonchev–Trinajstić information content (AvgIpc) is 3.34. The lowest BCUT2D eigenvalue weighted by Gasteiger charge is -2.25. The smallest absolute Gasteiger partial charge is 0.338 e. The molecule has 0 amide bonds. The van der Waals surface area contributed by atoms with E-state index < -0.39 is 16.9 Å². The standard InChI is InChI=1S/C35H35N3O7S/c1-6-43-29-18-24(10-17-28(29)45-20-23-8-15-27(16-9-23)38(41)42)19-30-33(39)37-32(26-13-11-25(12-14-26)21(3)4)31(34(40)44-7-2)22(5)36-35(37)46-30/h8-19,21,32H,6-7,20H2,1-5H3/b30-19-/t32-/m1/s1. The molecule has 4 aromatic rings. The van der Waals surface area contributed by atoms with Crippen LogP contribution in [0.4, 0.5) is 5.69 Å². The summed E-state index contributed by atoms with van der Waals surface area (Å²) in [6.45, 7) is 10.4. The van der Waals surface area contributed by atoms with Gasteiger partial charge in [-0.15, -0.1) is 0 Å². The highest BCUT2D eigenvalue weighted by Gasteiger charge is 2.33. The highest BCUT2D eigenvalue weighted by atomic mass is 32.1. The minimum Gasteiger partial charge on any atom is -0.490 e. The van der Waals surface area contributed by atoms with Gasteiger partial charge in [-0.1, -0.05) is 55.5 Å². The number of rotatable bonds is 11. The summed E-state index contributed by atoms with van der Waals surface area (Å²) < 4.78 is 19.3. The summed E-state index contributed by atoms with van der Waals surface area (Å²) in [5.74, 6) is 0.827. The van der Waals surface area contributed by atoms with E-state index >= 15 is 0 Å². The Morgan fingerprint density at radius 3 is 2.37 bits per heavy atom. The first-order valence-electron chi connectivity index (χ1n) is 15.0. The first kappa shape index (κ1) is 32.4. The Morgan fingerprint density at radius 1 is 1.02 bits per heavy atom. The van der Waals surface area contributed by atoms with Crippen molar-refractivity contribution in [3.05, 3.63) is 130 Å². The molecule has 0 saturated carbocycles. The van der Waals surface area contributed by atoms with Crippen molar-refractivity contribution in [1.29, 1.82) is 0 Å². The molecular formula is C35H35N3O7S. The second kappa shape index (κ2) is 13.9. The van der Waals surface area contributed by atoms with Crippen LogP contribution in [0.3, 0.4) is 0 Å². The second-order valence-electron chi connectivity index (χ2n) is 11.0. The highest BCUT2D eigenvalue weighted by molar-refractivity contribution is 7.07. The molecule has 1 aromatic heterocycles. The predicted octanol–water partition coefficient (Wildman–Crippen LogP) is 5.81. The van der Waals surface area contributed by atoms with Gasteiger partial charge in [0.05, 0.1) is 40.0 Å². The molecule has 0 bridgehead atoms. The van der Waals surface area contributed by atoms with Crippen molar-refractivity contribution in [3.8, 4) is 11.5 Å². The Bertz CT molecular complexity index is 1970. The third-order valence-corrected chi connectivity index (χ3v) is 8.53. The van der Waals surface area contributed by atoms with Crippen molar-refractivity contribution >= 4 is 29.1 Å². The lowest BCUT2D eigenvalue weighted by molar-refractivity contribution is -0.384. The van der Waals surface area contributed by atoms with Gasteiger partial charge in [0.25, 0.3) is 11.2 Å². The maximum Gasteiger partial charge on any atom is 0.338 e. The van der Waals surface area contributed by atoms with Gasteiger partial charge in [-0.3, -0.25) is 19.5 Å². The van der Waals surface area contributed by atoms with Crippen molar-refractivity contribution in [3.63, 3.8) is 0 Å². The number of aromatic nitrogens is 1. The van der Waals surface area contributed by atoms with E-state index in [0.717, 1.165) is 22.3 Å². The van der Waals surface area contributed by atoms with E-state index in [1.807, 2.05) is 37.3 Å². The molecule has 2 heterocycles. The van der Waals surface area contributed by atoms with Gasteiger partial charge in [-0.2, -0.15) is 0 Å². The fourth-order valence-electron chi connectivity index (χ4n) is 5.20. The number of carbonyl (C=O) groups excluding carboxylic acids is 1. The second-order valence-corrected chi connectivity index (χ2v) is 12.0. The maximum absolute atomic E-state index is 14.0. The molecule has 1 aliphatic rings. The summed E-state index contributed by atoms with van der Waals surface area (Å²) in [6.07, 6.45) is 1.77. The number of nitro groups is 1. The van der Waals surface area contributed by atoms with E-state index in [4.69, 9.17) is 14.2 Å². The predicted molar refractivity (Wildman–Crippen MR) is 176 cm³/mol. The van der Waals surface area contributed by atoms with Crippen LogP contribution in [-0.4, -0.2) is 28.7 Å². The van der Waals surface area contributed by atoms with Gasteiger partial charge >= 0.3 is 5.97 Å². The molecule has 1 atom stereocenters. The molecule has 3 aromatic carbocycles. The number of fused-ring (bicyclic) bond motifs is 1. The molecule has 0 N–H and O–H groups in total. The molecule has 11 heteroatoms. The van der Waals surface area contributed by atoms with E-state index in [2.05, 4.69) is 18.8 Å². The summed E-state index contributed by atoms with van der Waals surface area (Å²) >= 11 is 1.25. The average molecular weight is 642 g/mol. The number of thiazole rings is 1. The highest BCUT2D eigenvalue weighted by Crippen LogP contribution is 2.32. The van der Waals surface area contributed by atoms with Crippen molar-refractivity contribution in [2.75, 3.05) is 13.2 Å². The van der Waals surface area contributed by atoms with Gasteiger partial charge in [0, 0.05) is 12.1 Å². The van der Waals surface area contributed by atoms with Crippen LogP contribution in [0.5, 0.6) is 11.5 Å². The zero-order valence-electron chi connectivity index (χ0n) is 26.3. The van der Waals surface area contributed by atoms with E-state index in [9.17, 15) is 19.7 Å². The van der Waals surface area contributed by atoms with E-state index in [1.165, 1.54) is 23.5 Å². The zero-order chi connectivity index (χ0) is 33.0. The van der Waals surface area contributed by atoms with Crippen molar-refractivity contribution < 1.29 is 23.9 Å². The summed E-state index contributed by atoms with van der Waals surface area (Å²) in [5, 5.41) is 11.0. The lowest BCUT2D eigenvalue weighted by Crippen LogP contribution is -2.39. The molecule has 0 saturated heterocycles. The Balaban J connectivity index is 1.52. The van der Waals surface area contributed by atoms with Crippen LogP contribution in [0.25, 0.3) is 6.08 Å². The monoisotopic (exact) mass is 641 g/mol. The number of non-ortho nitro benzene ring substituents is 1. The van der Waals surface area contributed by atoms with Gasteiger partial charge in [0.1, 0.15) is 6.61 Å².